The highest BCUT2D eigenvalue weighted by molar-refractivity contribution is 5.37. The summed E-state index contributed by atoms with van der Waals surface area (Å²) < 4.78 is 5.82. The van der Waals surface area contributed by atoms with E-state index in [0.717, 1.165) is 43.5 Å². The second kappa shape index (κ2) is 5.04. The van der Waals surface area contributed by atoms with Crippen molar-refractivity contribution in [2.24, 2.45) is 5.73 Å². The van der Waals surface area contributed by atoms with Crippen LogP contribution in [0, 0.1) is 0 Å². The minimum atomic E-state index is 0.233. The van der Waals surface area contributed by atoms with Crippen LogP contribution in [0.25, 0.3) is 0 Å². The predicted molar refractivity (Wildman–Crippen MR) is 79.6 cm³/mol. The SMILES string of the molecule is NC1CCN(c2n[nH]c(C3COc4ccccc4C3)n2)C1. The van der Waals surface area contributed by atoms with Gasteiger partial charge in [0.1, 0.15) is 11.6 Å². The molecule has 6 nitrogen and oxygen atoms in total. The lowest BCUT2D eigenvalue weighted by Crippen LogP contribution is -2.27. The molecule has 21 heavy (non-hydrogen) atoms. The fourth-order valence-electron chi connectivity index (χ4n) is 3.06. The molecule has 0 saturated carbocycles. The van der Waals surface area contributed by atoms with E-state index >= 15 is 0 Å². The fraction of sp³-hybridized carbons (Fsp3) is 0.467. The molecular formula is C15H19N5O. The summed E-state index contributed by atoms with van der Waals surface area (Å²) in [5.74, 6) is 2.88. The van der Waals surface area contributed by atoms with Crippen LogP contribution in [0.1, 0.15) is 23.7 Å². The largest absolute Gasteiger partial charge is 0.493 e. The highest BCUT2D eigenvalue weighted by Gasteiger charge is 2.27. The zero-order chi connectivity index (χ0) is 14.2. The fourth-order valence-corrected chi connectivity index (χ4v) is 3.06. The third-order valence-corrected chi connectivity index (χ3v) is 4.26. The number of nitrogens with zero attached hydrogens (tertiary/aromatic N) is 3. The van der Waals surface area contributed by atoms with Gasteiger partial charge < -0.3 is 15.4 Å². The van der Waals surface area contributed by atoms with Gasteiger partial charge in [-0.3, -0.25) is 5.10 Å². The van der Waals surface area contributed by atoms with Crippen molar-refractivity contribution in [1.29, 1.82) is 0 Å². The van der Waals surface area contributed by atoms with Crippen LogP contribution in [-0.4, -0.2) is 40.9 Å². The molecule has 110 valence electrons. The molecular weight excluding hydrogens is 266 g/mol. The molecule has 1 aromatic carbocycles. The summed E-state index contributed by atoms with van der Waals surface area (Å²) in [6, 6.07) is 8.41. The van der Waals surface area contributed by atoms with E-state index in [0.29, 0.717) is 6.61 Å². The van der Waals surface area contributed by atoms with Crippen molar-refractivity contribution in [3.8, 4) is 5.75 Å². The normalized spacial score (nSPS) is 24.7. The van der Waals surface area contributed by atoms with Crippen molar-refractivity contribution < 1.29 is 4.74 Å². The van der Waals surface area contributed by atoms with Gasteiger partial charge in [-0.15, -0.1) is 5.10 Å². The lowest BCUT2D eigenvalue weighted by atomic mass is 9.96. The Bertz CT molecular complexity index is 640. The summed E-state index contributed by atoms with van der Waals surface area (Å²) in [6.07, 6.45) is 1.94. The molecule has 1 aromatic heterocycles. The maximum atomic E-state index is 5.94. The summed E-state index contributed by atoms with van der Waals surface area (Å²) in [7, 11) is 0. The molecule has 6 heteroatoms. The number of aromatic amines is 1. The molecule has 3 N–H and O–H groups in total. The van der Waals surface area contributed by atoms with Crippen LogP contribution < -0.4 is 15.4 Å². The van der Waals surface area contributed by atoms with Gasteiger partial charge in [-0.2, -0.15) is 4.98 Å². The molecule has 0 radical (unpaired) electrons. The van der Waals surface area contributed by atoms with Gasteiger partial charge in [0.25, 0.3) is 0 Å². The quantitative estimate of drug-likeness (QED) is 0.862. The van der Waals surface area contributed by atoms with Crippen LogP contribution in [0.4, 0.5) is 5.95 Å². The van der Waals surface area contributed by atoms with E-state index in [2.05, 4.69) is 26.1 Å². The lowest BCUT2D eigenvalue weighted by molar-refractivity contribution is 0.258. The first-order valence-electron chi connectivity index (χ1n) is 7.43. The number of aromatic nitrogens is 3. The minimum absolute atomic E-state index is 0.233. The molecule has 4 rings (SSSR count). The van der Waals surface area contributed by atoms with Crippen LogP contribution >= 0.6 is 0 Å². The highest BCUT2D eigenvalue weighted by Crippen LogP contribution is 2.31. The molecule has 2 atom stereocenters. The zero-order valence-corrected chi connectivity index (χ0v) is 11.8. The monoisotopic (exact) mass is 285 g/mol. The van der Waals surface area contributed by atoms with Crippen LogP contribution in [0.5, 0.6) is 5.75 Å². The molecule has 1 fully saturated rings. The summed E-state index contributed by atoms with van der Waals surface area (Å²) in [5, 5.41) is 7.42. The Hall–Kier alpha value is -2.08. The van der Waals surface area contributed by atoms with Crippen LogP contribution in [0.2, 0.25) is 0 Å². The third kappa shape index (κ3) is 2.35. The van der Waals surface area contributed by atoms with Gasteiger partial charge >= 0.3 is 0 Å². The van der Waals surface area contributed by atoms with Crippen LogP contribution in [-0.2, 0) is 6.42 Å². The number of para-hydroxylation sites is 1. The van der Waals surface area contributed by atoms with Gasteiger partial charge in [0, 0.05) is 19.1 Å². The number of fused-ring (bicyclic) bond motifs is 1. The molecule has 2 unspecified atom stereocenters. The summed E-state index contributed by atoms with van der Waals surface area (Å²) in [5.41, 5.74) is 7.17. The predicted octanol–water partition coefficient (Wildman–Crippen LogP) is 1.06. The Labute approximate surface area is 123 Å². The van der Waals surface area contributed by atoms with E-state index < -0.39 is 0 Å². The van der Waals surface area contributed by atoms with E-state index in [1.807, 2.05) is 18.2 Å². The Balaban J connectivity index is 1.52. The molecule has 0 bridgehead atoms. The van der Waals surface area contributed by atoms with Crippen molar-refractivity contribution in [3.63, 3.8) is 0 Å². The lowest BCUT2D eigenvalue weighted by Gasteiger charge is -2.23. The number of hydrogen-bond donors (Lipinski definition) is 2. The van der Waals surface area contributed by atoms with Gasteiger partial charge in [0.2, 0.25) is 5.95 Å². The maximum Gasteiger partial charge on any atom is 0.244 e. The van der Waals surface area contributed by atoms with Crippen molar-refractivity contribution in [1.82, 2.24) is 15.2 Å². The number of anilines is 1. The average molecular weight is 285 g/mol. The summed E-state index contributed by atoms with van der Waals surface area (Å²) >= 11 is 0. The highest BCUT2D eigenvalue weighted by atomic mass is 16.5. The van der Waals surface area contributed by atoms with Gasteiger partial charge in [-0.1, -0.05) is 18.2 Å². The second-order valence-electron chi connectivity index (χ2n) is 5.84. The standard InChI is InChI=1S/C15H19N5O/c16-12-5-6-20(8-12)15-17-14(18-19-15)11-7-10-3-1-2-4-13(10)21-9-11/h1-4,11-12H,5-9,16H2,(H,17,18,19). The van der Waals surface area contributed by atoms with E-state index in [1.165, 1.54) is 5.56 Å². The van der Waals surface area contributed by atoms with Crippen molar-refractivity contribution in [2.75, 3.05) is 24.6 Å². The molecule has 3 heterocycles. The van der Waals surface area contributed by atoms with E-state index in [9.17, 15) is 0 Å². The summed E-state index contributed by atoms with van der Waals surface area (Å²) in [6.45, 7) is 2.41. The van der Waals surface area contributed by atoms with Crippen molar-refractivity contribution in [2.45, 2.75) is 24.8 Å². The maximum absolute atomic E-state index is 5.94. The van der Waals surface area contributed by atoms with E-state index in [4.69, 9.17) is 10.5 Å². The Morgan fingerprint density at radius 2 is 2.24 bits per heavy atom. The average Bonchev–Trinajstić information content (AvgIpc) is 3.15. The van der Waals surface area contributed by atoms with Gasteiger partial charge in [-0.05, 0) is 24.5 Å². The molecule has 2 aromatic rings. The number of rotatable bonds is 2. The smallest absolute Gasteiger partial charge is 0.244 e. The first kappa shape index (κ1) is 12.6. The Morgan fingerprint density at radius 3 is 3.10 bits per heavy atom. The molecule has 2 aliphatic rings. The van der Waals surface area contributed by atoms with Gasteiger partial charge in [-0.25, -0.2) is 0 Å². The molecule has 0 aliphatic carbocycles. The van der Waals surface area contributed by atoms with Crippen LogP contribution in [0.15, 0.2) is 24.3 Å². The number of H-pyrrole nitrogens is 1. The number of hydrogen-bond acceptors (Lipinski definition) is 5. The molecule has 0 amide bonds. The third-order valence-electron chi connectivity index (χ3n) is 4.26. The molecule has 0 spiro atoms. The molecule has 2 aliphatic heterocycles. The summed E-state index contributed by atoms with van der Waals surface area (Å²) in [4.78, 5) is 6.79. The number of ether oxygens (including phenoxy) is 1. The first-order valence-corrected chi connectivity index (χ1v) is 7.43. The Kier molecular flexibility index (Phi) is 3.03. The number of benzene rings is 1. The van der Waals surface area contributed by atoms with Gasteiger partial charge in [0.15, 0.2) is 0 Å². The second-order valence-corrected chi connectivity index (χ2v) is 5.84. The topological polar surface area (TPSA) is 80.1 Å². The number of nitrogens with one attached hydrogen (secondary N) is 1. The van der Waals surface area contributed by atoms with Gasteiger partial charge in [0.05, 0.1) is 12.5 Å². The zero-order valence-electron chi connectivity index (χ0n) is 11.8. The van der Waals surface area contributed by atoms with E-state index in [-0.39, 0.29) is 12.0 Å². The Morgan fingerprint density at radius 1 is 1.33 bits per heavy atom. The molecule has 1 saturated heterocycles. The van der Waals surface area contributed by atoms with E-state index in [1.54, 1.807) is 0 Å². The number of nitrogens with two attached hydrogens (primary N) is 1. The van der Waals surface area contributed by atoms with Crippen molar-refractivity contribution >= 4 is 5.95 Å². The first-order chi connectivity index (χ1) is 10.3. The minimum Gasteiger partial charge on any atom is -0.493 e. The van der Waals surface area contributed by atoms with Crippen LogP contribution in [0.3, 0.4) is 0 Å². The van der Waals surface area contributed by atoms with Crippen molar-refractivity contribution in [3.05, 3.63) is 35.7 Å².